The van der Waals surface area contributed by atoms with Crippen LogP contribution in [0, 0.1) is 0 Å². The molecule has 2 spiro atoms. The Morgan fingerprint density at radius 2 is 0.768 bits per heavy atom. The van der Waals surface area contributed by atoms with Crippen molar-refractivity contribution in [3.8, 4) is 56.4 Å². The van der Waals surface area contributed by atoms with Gasteiger partial charge >= 0.3 is 0 Å². The SMILES string of the molecule is c1ccc(-c2ccccc2N(c2ccc3c(c2)C2(c4ccccc4Oc4ccccc42)c2ccccc2-3)c2cccc3c2-c2c(ccc4ccccc24)C32c3ccccc3Oc3ccccc32)cc1. The van der Waals surface area contributed by atoms with Gasteiger partial charge in [-0.05, 0) is 104 Å². The molecule has 0 saturated heterocycles. The predicted octanol–water partition coefficient (Wildman–Crippen LogP) is 16.9. The molecule has 0 bridgehead atoms. The van der Waals surface area contributed by atoms with E-state index in [0.717, 1.165) is 73.4 Å². The monoisotopic (exact) mass is 879 g/mol. The van der Waals surface area contributed by atoms with Gasteiger partial charge in [-0.2, -0.15) is 0 Å². The molecule has 0 unspecified atom stereocenters. The van der Waals surface area contributed by atoms with Gasteiger partial charge in [-0.3, -0.25) is 0 Å². The second kappa shape index (κ2) is 14.3. The maximum absolute atomic E-state index is 6.82. The topological polar surface area (TPSA) is 21.7 Å². The lowest BCUT2D eigenvalue weighted by molar-refractivity contribution is 0.436. The highest BCUT2D eigenvalue weighted by atomic mass is 16.5. The van der Waals surface area contributed by atoms with E-state index in [2.05, 4.69) is 254 Å². The predicted molar refractivity (Wildman–Crippen MR) is 279 cm³/mol. The van der Waals surface area contributed by atoms with E-state index in [9.17, 15) is 0 Å². The van der Waals surface area contributed by atoms with Crippen LogP contribution >= 0.6 is 0 Å². The zero-order chi connectivity index (χ0) is 45.3. The Kier molecular flexibility index (Phi) is 7.92. The number of ether oxygens (including phenoxy) is 2. The molecule has 0 fully saturated rings. The Bertz CT molecular complexity index is 3850. The summed E-state index contributed by atoms with van der Waals surface area (Å²) < 4.78 is 13.6. The molecule has 2 aliphatic carbocycles. The number of benzene rings is 11. The van der Waals surface area contributed by atoms with E-state index in [1.54, 1.807) is 0 Å². The Morgan fingerprint density at radius 1 is 0.290 bits per heavy atom. The molecule has 2 aliphatic heterocycles. The fourth-order valence-corrected chi connectivity index (χ4v) is 12.8. The van der Waals surface area contributed by atoms with E-state index in [-0.39, 0.29) is 0 Å². The molecule has 0 saturated carbocycles. The second-order valence-corrected chi connectivity index (χ2v) is 18.6. The maximum Gasteiger partial charge on any atom is 0.132 e. The molecule has 15 rings (SSSR count). The number of hydrogen-bond donors (Lipinski definition) is 0. The van der Waals surface area contributed by atoms with Crippen LogP contribution in [0.5, 0.6) is 23.0 Å². The largest absolute Gasteiger partial charge is 0.457 e. The molecule has 322 valence electrons. The molecule has 0 N–H and O–H groups in total. The van der Waals surface area contributed by atoms with Crippen molar-refractivity contribution in [1.29, 1.82) is 0 Å². The van der Waals surface area contributed by atoms with E-state index in [1.807, 2.05) is 0 Å². The lowest BCUT2D eigenvalue weighted by Gasteiger charge is -2.40. The van der Waals surface area contributed by atoms with Crippen LogP contribution in [-0.4, -0.2) is 0 Å². The van der Waals surface area contributed by atoms with E-state index in [0.29, 0.717) is 0 Å². The highest BCUT2D eigenvalue weighted by Gasteiger charge is 2.54. The molecule has 11 aromatic rings. The molecular formula is C66H41NO2. The third-order valence-electron chi connectivity index (χ3n) is 15.4. The van der Waals surface area contributed by atoms with Crippen LogP contribution < -0.4 is 14.4 Å². The number of rotatable bonds is 4. The number of nitrogens with zero attached hydrogens (tertiary/aromatic N) is 1. The van der Waals surface area contributed by atoms with Crippen LogP contribution in [0.1, 0.15) is 44.5 Å². The average molecular weight is 880 g/mol. The van der Waals surface area contributed by atoms with E-state index >= 15 is 0 Å². The minimum atomic E-state index is -0.667. The molecule has 11 aromatic carbocycles. The zero-order valence-corrected chi connectivity index (χ0v) is 37.4. The summed E-state index contributed by atoms with van der Waals surface area (Å²) in [6, 6.07) is 91.1. The summed E-state index contributed by atoms with van der Waals surface area (Å²) in [6.45, 7) is 0. The minimum absolute atomic E-state index is 0.640. The number of fused-ring (bicyclic) bond motifs is 20. The number of hydrogen-bond acceptors (Lipinski definition) is 3. The number of para-hydroxylation sites is 5. The molecule has 3 heteroatoms. The third-order valence-corrected chi connectivity index (χ3v) is 15.4. The van der Waals surface area contributed by atoms with Crippen LogP contribution in [0.4, 0.5) is 17.1 Å². The highest BCUT2D eigenvalue weighted by Crippen LogP contribution is 2.67. The van der Waals surface area contributed by atoms with Crippen LogP contribution in [0.25, 0.3) is 44.2 Å². The molecule has 3 nitrogen and oxygen atoms in total. The third kappa shape index (κ3) is 5.01. The van der Waals surface area contributed by atoms with Crippen LogP contribution in [0.15, 0.2) is 249 Å². The Morgan fingerprint density at radius 3 is 1.43 bits per heavy atom. The van der Waals surface area contributed by atoms with Gasteiger partial charge in [0.15, 0.2) is 0 Å². The molecule has 0 aromatic heterocycles. The minimum Gasteiger partial charge on any atom is -0.457 e. The van der Waals surface area contributed by atoms with Crippen LogP contribution in [0.3, 0.4) is 0 Å². The maximum atomic E-state index is 6.82. The van der Waals surface area contributed by atoms with Gasteiger partial charge in [-0.25, -0.2) is 0 Å². The summed E-state index contributed by atoms with van der Waals surface area (Å²) in [5, 5.41) is 2.42. The summed E-state index contributed by atoms with van der Waals surface area (Å²) in [6.07, 6.45) is 0. The lowest BCUT2D eigenvalue weighted by Crippen LogP contribution is -2.32. The normalized spacial score (nSPS) is 14.3. The van der Waals surface area contributed by atoms with Gasteiger partial charge in [0.25, 0.3) is 0 Å². The number of anilines is 3. The fraction of sp³-hybridized carbons (Fsp3) is 0.0303. The summed E-state index contributed by atoms with van der Waals surface area (Å²) in [7, 11) is 0. The summed E-state index contributed by atoms with van der Waals surface area (Å²) >= 11 is 0. The molecule has 0 atom stereocenters. The molecule has 0 radical (unpaired) electrons. The van der Waals surface area contributed by atoms with Gasteiger partial charge in [0.05, 0.1) is 22.2 Å². The van der Waals surface area contributed by atoms with Crippen molar-refractivity contribution in [3.63, 3.8) is 0 Å². The molecule has 2 heterocycles. The van der Waals surface area contributed by atoms with Crippen molar-refractivity contribution in [2.45, 2.75) is 10.8 Å². The quantitative estimate of drug-likeness (QED) is 0.176. The van der Waals surface area contributed by atoms with Gasteiger partial charge in [0, 0.05) is 39.1 Å². The lowest BCUT2D eigenvalue weighted by atomic mass is 9.66. The molecule has 0 amide bonds. The van der Waals surface area contributed by atoms with Crippen LogP contribution in [0.2, 0.25) is 0 Å². The van der Waals surface area contributed by atoms with E-state index in [1.165, 1.54) is 55.3 Å². The zero-order valence-electron chi connectivity index (χ0n) is 37.4. The Labute approximate surface area is 400 Å². The van der Waals surface area contributed by atoms with Crippen molar-refractivity contribution >= 4 is 27.8 Å². The van der Waals surface area contributed by atoms with Gasteiger partial charge in [0.2, 0.25) is 0 Å². The molecule has 4 aliphatic rings. The second-order valence-electron chi connectivity index (χ2n) is 18.6. The van der Waals surface area contributed by atoms with E-state index < -0.39 is 10.8 Å². The summed E-state index contributed by atoms with van der Waals surface area (Å²) in [5.41, 5.74) is 18.7. The van der Waals surface area contributed by atoms with Gasteiger partial charge in [-0.1, -0.05) is 200 Å². The summed E-state index contributed by atoms with van der Waals surface area (Å²) in [4.78, 5) is 2.55. The van der Waals surface area contributed by atoms with Crippen LogP contribution in [-0.2, 0) is 10.8 Å². The van der Waals surface area contributed by atoms with E-state index in [4.69, 9.17) is 9.47 Å². The van der Waals surface area contributed by atoms with Crippen molar-refractivity contribution < 1.29 is 9.47 Å². The Hall–Kier alpha value is -8.92. The van der Waals surface area contributed by atoms with Gasteiger partial charge < -0.3 is 14.4 Å². The fourth-order valence-electron chi connectivity index (χ4n) is 12.8. The van der Waals surface area contributed by atoms with Gasteiger partial charge in [-0.15, -0.1) is 0 Å². The smallest absolute Gasteiger partial charge is 0.132 e. The first-order valence-electron chi connectivity index (χ1n) is 23.8. The first kappa shape index (κ1) is 38.2. The van der Waals surface area contributed by atoms with Crippen molar-refractivity contribution in [3.05, 3.63) is 293 Å². The first-order valence-corrected chi connectivity index (χ1v) is 23.8. The first-order chi connectivity index (χ1) is 34.2. The standard InChI is InChI=1S/C66H41NO2/c1-2-19-42(20-3-1)45-22-7-13-31-57(45)67(44-38-39-48-47-24-6-8-25-49(47)65(56(48)41-44)50-26-9-14-33-59(50)68-60-34-15-10-27-51(60)65)58-32-18-30-54-64(58)63-46-23-5-4-21-43(46)37-40-55(63)66(54)52-28-11-16-35-61(52)69-62-36-17-12-29-53(62)66/h1-41H. The highest BCUT2D eigenvalue weighted by molar-refractivity contribution is 6.10. The molecule has 69 heavy (non-hydrogen) atoms. The molecular weight excluding hydrogens is 839 g/mol. The van der Waals surface area contributed by atoms with Crippen molar-refractivity contribution in [2.75, 3.05) is 4.90 Å². The van der Waals surface area contributed by atoms with Crippen molar-refractivity contribution in [1.82, 2.24) is 0 Å². The Balaban J connectivity index is 1.08. The van der Waals surface area contributed by atoms with Gasteiger partial charge in [0.1, 0.15) is 23.0 Å². The summed E-state index contributed by atoms with van der Waals surface area (Å²) in [5.74, 6) is 3.50. The van der Waals surface area contributed by atoms with Crippen molar-refractivity contribution in [2.24, 2.45) is 0 Å². The average Bonchev–Trinajstić information content (AvgIpc) is 3.88.